The number of carbonyl (C=O) groups is 1. The number of hydrogen-bond acceptors (Lipinski definition) is 1. The van der Waals surface area contributed by atoms with Crippen LogP contribution < -0.4 is 0 Å². The minimum absolute atomic E-state index is 0.0841. The highest BCUT2D eigenvalue weighted by atomic mass is 16.1. The molecule has 108 valence electrons. The van der Waals surface area contributed by atoms with Crippen LogP contribution in [0.25, 0.3) is 11.1 Å². The van der Waals surface area contributed by atoms with Crippen molar-refractivity contribution in [3.05, 3.63) is 95.1 Å². The second kappa shape index (κ2) is 5.98. The van der Waals surface area contributed by atoms with Gasteiger partial charge in [0.1, 0.15) is 0 Å². The number of aryl methyl sites for hydroxylation is 2. The van der Waals surface area contributed by atoms with Gasteiger partial charge in [-0.15, -0.1) is 0 Å². The van der Waals surface area contributed by atoms with E-state index in [2.05, 4.69) is 12.1 Å². The van der Waals surface area contributed by atoms with Crippen molar-refractivity contribution in [3.8, 4) is 11.1 Å². The molecule has 0 radical (unpaired) electrons. The van der Waals surface area contributed by atoms with E-state index in [0.29, 0.717) is 0 Å². The topological polar surface area (TPSA) is 17.1 Å². The predicted octanol–water partition coefficient (Wildman–Crippen LogP) is 5.20. The zero-order valence-corrected chi connectivity index (χ0v) is 12.8. The third-order valence-corrected chi connectivity index (χ3v) is 3.89. The summed E-state index contributed by atoms with van der Waals surface area (Å²) in [4.78, 5) is 12.7. The van der Waals surface area contributed by atoms with E-state index < -0.39 is 0 Å². The molecular weight excluding hydrogens is 268 g/mol. The molecular formula is C21H18O. The van der Waals surface area contributed by atoms with Crippen LogP contribution in [0.5, 0.6) is 0 Å². The average Bonchev–Trinajstić information content (AvgIpc) is 2.57. The van der Waals surface area contributed by atoms with Gasteiger partial charge < -0.3 is 0 Å². The third kappa shape index (κ3) is 2.84. The highest BCUT2D eigenvalue weighted by molar-refractivity contribution is 6.10. The Kier molecular flexibility index (Phi) is 3.88. The highest BCUT2D eigenvalue weighted by Crippen LogP contribution is 2.21. The van der Waals surface area contributed by atoms with E-state index in [9.17, 15) is 4.79 Å². The molecule has 0 heterocycles. The zero-order valence-electron chi connectivity index (χ0n) is 12.8. The lowest BCUT2D eigenvalue weighted by Gasteiger charge is -2.07. The lowest BCUT2D eigenvalue weighted by molar-refractivity contribution is 0.103. The van der Waals surface area contributed by atoms with Crippen LogP contribution in [0.2, 0.25) is 0 Å². The second-order valence-electron chi connectivity index (χ2n) is 5.59. The van der Waals surface area contributed by atoms with E-state index in [4.69, 9.17) is 0 Å². The van der Waals surface area contributed by atoms with Gasteiger partial charge >= 0.3 is 0 Å². The zero-order chi connectivity index (χ0) is 15.5. The molecule has 0 bridgehead atoms. The normalized spacial score (nSPS) is 10.5. The molecule has 1 nitrogen and oxygen atoms in total. The molecule has 22 heavy (non-hydrogen) atoms. The molecule has 0 aromatic heterocycles. The van der Waals surface area contributed by atoms with Crippen molar-refractivity contribution in [2.24, 2.45) is 0 Å². The number of benzene rings is 3. The van der Waals surface area contributed by atoms with Crippen LogP contribution in [-0.4, -0.2) is 5.78 Å². The minimum atomic E-state index is 0.0841. The highest BCUT2D eigenvalue weighted by Gasteiger charge is 2.12. The molecule has 3 rings (SSSR count). The van der Waals surface area contributed by atoms with Crippen molar-refractivity contribution < 1.29 is 4.79 Å². The summed E-state index contributed by atoms with van der Waals surface area (Å²) in [5.74, 6) is 0.0841. The Balaban J connectivity index is 1.93. The van der Waals surface area contributed by atoms with Gasteiger partial charge in [0, 0.05) is 11.1 Å². The Hall–Kier alpha value is -2.67. The summed E-state index contributed by atoms with van der Waals surface area (Å²) in [7, 11) is 0. The molecule has 1 heteroatoms. The van der Waals surface area contributed by atoms with Crippen molar-refractivity contribution in [3.63, 3.8) is 0 Å². The maximum absolute atomic E-state index is 12.7. The predicted molar refractivity (Wildman–Crippen MR) is 91.2 cm³/mol. The quantitative estimate of drug-likeness (QED) is 0.605. The Bertz CT molecular complexity index is 799. The van der Waals surface area contributed by atoms with Gasteiger partial charge in [0.15, 0.2) is 5.78 Å². The molecule has 0 fully saturated rings. The Morgan fingerprint density at radius 1 is 0.727 bits per heavy atom. The van der Waals surface area contributed by atoms with Crippen molar-refractivity contribution >= 4 is 5.78 Å². The SMILES string of the molecule is Cc1ccc(C)c(C(=O)c2ccc(-c3ccccc3)cc2)c1. The van der Waals surface area contributed by atoms with Gasteiger partial charge in [-0.25, -0.2) is 0 Å². The molecule has 0 amide bonds. The maximum Gasteiger partial charge on any atom is 0.193 e. The van der Waals surface area contributed by atoms with E-state index in [1.807, 2.05) is 74.5 Å². The first-order valence-electron chi connectivity index (χ1n) is 7.42. The molecule has 0 unspecified atom stereocenters. The third-order valence-electron chi connectivity index (χ3n) is 3.89. The second-order valence-corrected chi connectivity index (χ2v) is 5.59. The Labute approximate surface area is 131 Å². The molecule has 0 atom stereocenters. The molecule has 0 N–H and O–H groups in total. The van der Waals surface area contributed by atoms with Crippen molar-refractivity contribution in [2.75, 3.05) is 0 Å². The van der Waals surface area contributed by atoms with E-state index in [0.717, 1.165) is 33.4 Å². The summed E-state index contributed by atoms with van der Waals surface area (Å²) in [6.45, 7) is 3.99. The largest absolute Gasteiger partial charge is 0.289 e. The summed E-state index contributed by atoms with van der Waals surface area (Å²) in [5.41, 5.74) is 5.92. The van der Waals surface area contributed by atoms with Gasteiger partial charge in [0.05, 0.1) is 0 Å². The summed E-state index contributed by atoms with van der Waals surface area (Å²) >= 11 is 0. The lowest BCUT2D eigenvalue weighted by Crippen LogP contribution is -2.04. The van der Waals surface area contributed by atoms with Crippen LogP contribution in [-0.2, 0) is 0 Å². The van der Waals surface area contributed by atoms with E-state index in [-0.39, 0.29) is 5.78 Å². The van der Waals surface area contributed by atoms with Gasteiger partial charge in [-0.2, -0.15) is 0 Å². The fourth-order valence-corrected chi connectivity index (χ4v) is 2.58. The maximum atomic E-state index is 12.7. The van der Waals surface area contributed by atoms with E-state index >= 15 is 0 Å². The number of hydrogen-bond donors (Lipinski definition) is 0. The Morgan fingerprint density at radius 2 is 1.36 bits per heavy atom. The molecule has 3 aromatic carbocycles. The van der Waals surface area contributed by atoms with Gasteiger partial charge in [0.25, 0.3) is 0 Å². The average molecular weight is 286 g/mol. The number of ketones is 1. The van der Waals surface area contributed by atoms with Crippen LogP contribution >= 0.6 is 0 Å². The summed E-state index contributed by atoms with van der Waals surface area (Å²) in [6.07, 6.45) is 0. The molecule has 0 aliphatic heterocycles. The molecule has 0 saturated carbocycles. The van der Waals surface area contributed by atoms with Crippen molar-refractivity contribution in [1.82, 2.24) is 0 Å². The van der Waals surface area contributed by atoms with Crippen molar-refractivity contribution in [2.45, 2.75) is 13.8 Å². The van der Waals surface area contributed by atoms with Crippen LogP contribution in [0.3, 0.4) is 0 Å². The minimum Gasteiger partial charge on any atom is -0.289 e. The molecule has 3 aromatic rings. The summed E-state index contributed by atoms with van der Waals surface area (Å²) in [5, 5.41) is 0. The van der Waals surface area contributed by atoms with E-state index in [1.54, 1.807) is 0 Å². The molecule has 0 aliphatic rings. The standard InChI is InChI=1S/C21H18O/c1-15-8-9-16(2)20(14-15)21(22)19-12-10-18(11-13-19)17-6-4-3-5-7-17/h3-14H,1-2H3. The van der Waals surface area contributed by atoms with Gasteiger partial charge in [-0.1, -0.05) is 72.3 Å². The lowest BCUT2D eigenvalue weighted by atomic mass is 9.96. The summed E-state index contributed by atoms with van der Waals surface area (Å²) < 4.78 is 0. The number of rotatable bonds is 3. The number of carbonyl (C=O) groups excluding carboxylic acids is 1. The first-order chi connectivity index (χ1) is 10.6. The fraction of sp³-hybridized carbons (Fsp3) is 0.0952. The van der Waals surface area contributed by atoms with Crippen LogP contribution in [0.4, 0.5) is 0 Å². The van der Waals surface area contributed by atoms with E-state index in [1.165, 1.54) is 0 Å². The van der Waals surface area contributed by atoms with Gasteiger partial charge in [-0.05, 0) is 36.6 Å². The van der Waals surface area contributed by atoms with Crippen LogP contribution in [0.15, 0.2) is 72.8 Å². The van der Waals surface area contributed by atoms with Crippen LogP contribution in [0, 0.1) is 13.8 Å². The molecule has 0 aliphatic carbocycles. The monoisotopic (exact) mass is 286 g/mol. The molecule has 0 saturated heterocycles. The van der Waals surface area contributed by atoms with Gasteiger partial charge in [-0.3, -0.25) is 4.79 Å². The van der Waals surface area contributed by atoms with Crippen molar-refractivity contribution in [1.29, 1.82) is 0 Å². The van der Waals surface area contributed by atoms with Crippen LogP contribution in [0.1, 0.15) is 27.0 Å². The smallest absolute Gasteiger partial charge is 0.193 e. The summed E-state index contributed by atoms with van der Waals surface area (Å²) in [6, 6.07) is 24.0. The molecule has 0 spiro atoms. The van der Waals surface area contributed by atoms with Gasteiger partial charge in [0.2, 0.25) is 0 Å². The fourth-order valence-electron chi connectivity index (χ4n) is 2.58. The first kappa shape index (κ1) is 14.3. The Morgan fingerprint density at radius 3 is 2.05 bits per heavy atom. The first-order valence-corrected chi connectivity index (χ1v) is 7.42.